The quantitative estimate of drug-likeness (QED) is 0.609. The van der Waals surface area contributed by atoms with Crippen molar-refractivity contribution in [3.05, 3.63) is 24.0 Å². The van der Waals surface area contributed by atoms with Gasteiger partial charge >= 0.3 is 0 Å². The van der Waals surface area contributed by atoms with Crippen LogP contribution in [-0.4, -0.2) is 48.0 Å². The number of aromatic nitrogens is 1. The van der Waals surface area contributed by atoms with Crippen LogP contribution in [0.5, 0.6) is 0 Å². The minimum Gasteiger partial charge on any atom is -0.357 e. The number of piperazine rings is 1. The molecule has 0 unspecified atom stereocenters. The van der Waals surface area contributed by atoms with Crippen LogP contribution in [0.25, 0.3) is 0 Å². The molecule has 4 nitrogen and oxygen atoms in total. The Morgan fingerprint density at radius 1 is 1.33 bits per heavy atom. The Labute approximate surface area is 109 Å². The average Bonchev–Trinajstić information content (AvgIpc) is 2.82. The van der Waals surface area contributed by atoms with Gasteiger partial charge in [-0.15, -0.1) is 0 Å². The maximum Gasteiger partial charge on any atom is 0.164 e. The minimum absolute atomic E-state index is 0.274. The summed E-state index contributed by atoms with van der Waals surface area (Å²) in [5.74, 6) is 0.274. The first-order valence-corrected chi connectivity index (χ1v) is 6.84. The Morgan fingerprint density at radius 2 is 2.11 bits per heavy atom. The molecule has 0 aliphatic carbocycles. The van der Waals surface area contributed by atoms with Crippen molar-refractivity contribution in [2.75, 3.05) is 32.7 Å². The number of ketones is 1. The lowest BCUT2D eigenvalue weighted by molar-refractivity contribution is 0.0977. The molecule has 0 radical (unpaired) electrons. The summed E-state index contributed by atoms with van der Waals surface area (Å²) in [6, 6.07) is 1.90. The molecule has 18 heavy (non-hydrogen) atoms. The van der Waals surface area contributed by atoms with Crippen LogP contribution in [0.3, 0.4) is 0 Å². The van der Waals surface area contributed by atoms with Gasteiger partial charge in [-0.1, -0.05) is 0 Å². The smallest absolute Gasteiger partial charge is 0.164 e. The van der Waals surface area contributed by atoms with Gasteiger partial charge in [-0.25, -0.2) is 0 Å². The lowest BCUT2D eigenvalue weighted by Gasteiger charge is -2.26. The van der Waals surface area contributed by atoms with Crippen LogP contribution in [0.4, 0.5) is 0 Å². The largest absolute Gasteiger partial charge is 0.357 e. The molecular weight excluding hydrogens is 226 g/mol. The topological polar surface area (TPSA) is 37.3 Å². The normalized spacial score (nSPS) is 16.9. The second-order valence-corrected chi connectivity index (χ2v) is 5.04. The van der Waals surface area contributed by atoms with Gasteiger partial charge in [0.05, 0.1) is 0 Å². The molecular formula is C14H23N3O. The molecule has 1 fully saturated rings. The fourth-order valence-electron chi connectivity index (χ4n) is 2.37. The molecule has 2 heterocycles. The molecule has 0 spiro atoms. The van der Waals surface area contributed by atoms with Crippen molar-refractivity contribution >= 4 is 5.78 Å². The molecule has 1 aromatic rings. The number of Topliss-reactive ketones (excluding diaryl/α,β-unsaturated/α-hetero) is 1. The van der Waals surface area contributed by atoms with Gasteiger partial charge in [-0.3, -0.25) is 4.79 Å². The highest BCUT2D eigenvalue weighted by Gasteiger charge is 2.10. The molecule has 0 amide bonds. The molecule has 0 saturated carbocycles. The third-order valence-electron chi connectivity index (χ3n) is 3.49. The van der Waals surface area contributed by atoms with E-state index in [1.165, 1.54) is 0 Å². The lowest BCUT2D eigenvalue weighted by atomic mass is 10.1. The van der Waals surface area contributed by atoms with Gasteiger partial charge < -0.3 is 14.8 Å². The lowest BCUT2D eigenvalue weighted by Crippen LogP contribution is -2.43. The van der Waals surface area contributed by atoms with Crippen molar-refractivity contribution in [1.82, 2.24) is 14.8 Å². The zero-order valence-corrected chi connectivity index (χ0v) is 11.2. The summed E-state index contributed by atoms with van der Waals surface area (Å²) in [5, 5.41) is 3.35. The zero-order valence-electron chi connectivity index (χ0n) is 11.2. The number of nitrogens with one attached hydrogen (secondary N) is 1. The van der Waals surface area contributed by atoms with E-state index in [0.29, 0.717) is 6.42 Å². The maximum atomic E-state index is 11.9. The predicted octanol–water partition coefficient (Wildman–Crippen LogP) is 1.28. The van der Waals surface area contributed by atoms with Crippen molar-refractivity contribution in [2.24, 2.45) is 7.05 Å². The van der Waals surface area contributed by atoms with E-state index in [2.05, 4.69) is 10.2 Å². The molecule has 1 aliphatic heterocycles. The molecule has 4 heteroatoms. The van der Waals surface area contributed by atoms with E-state index in [1.54, 1.807) is 0 Å². The highest BCUT2D eigenvalue weighted by Crippen LogP contribution is 2.08. The molecule has 1 saturated heterocycles. The fourth-order valence-corrected chi connectivity index (χ4v) is 2.37. The van der Waals surface area contributed by atoms with Crippen molar-refractivity contribution in [3.63, 3.8) is 0 Å². The summed E-state index contributed by atoms with van der Waals surface area (Å²) >= 11 is 0. The van der Waals surface area contributed by atoms with Crippen molar-refractivity contribution in [3.8, 4) is 0 Å². The van der Waals surface area contributed by atoms with Crippen LogP contribution in [0, 0.1) is 0 Å². The van der Waals surface area contributed by atoms with Crippen molar-refractivity contribution in [2.45, 2.75) is 19.3 Å². The number of rotatable bonds is 6. The van der Waals surface area contributed by atoms with E-state index in [0.717, 1.165) is 51.1 Å². The van der Waals surface area contributed by atoms with Crippen LogP contribution >= 0.6 is 0 Å². The van der Waals surface area contributed by atoms with Crippen LogP contribution in [0.2, 0.25) is 0 Å². The first-order chi connectivity index (χ1) is 8.75. The Hall–Kier alpha value is -1.13. The summed E-state index contributed by atoms with van der Waals surface area (Å²) in [6.45, 7) is 5.62. The number of carbonyl (C=O) groups is 1. The molecule has 0 aromatic carbocycles. The van der Waals surface area contributed by atoms with Gasteiger partial charge in [-0.2, -0.15) is 0 Å². The first-order valence-electron chi connectivity index (χ1n) is 6.84. The molecule has 1 aromatic heterocycles. The summed E-state index contributed by atoms with van der Waals surface area (Å²) in [5.41, 5.74) is 0.847. The van der Waals surface area contributed by atoms with Crippen LogP contribution in [0.15, 0.2) is 18.5 Å². The summed E-state index contributed by atoms with van der Waals surface area (Å²) in [7, 11) is 1.95. The van der Waals surface area contributed by atoms with E-state index in [4.69, 9.17) is 0 Å². The fraction of sp³-hybridized carbons (Fsp3) is 0.643. The first kappa shape index (κ1) is 13.3. The minimum atomic E-state index is 0.274. The average molecular weight is 249 g/mol. The number of aryl methyl sites for hydroxylation is 1. The second kappa shape index (κ2) is 6.71. The van der Waals surface area contributed by atoms with Gasteiger partial charge in [-0.05, 0) is 25.5 Å². The predicted molar refractivity (Wildman–Crippen MR) is 72.9 cm³/mol. The van der Waals surface area contributed by atoms with Gasteiger partial charge in [0, 0.05) is 57.6 Å². The van der Waals surface area contributed by atoms with E-state index in [9.17, 15) is 4.79 Å². The molecule has 0 atom stereocenters. The Morgan fingerprint density at radius 3 is 2.78 bits per heavy atom. The van der Waals surface area contributed by atoms with E-state index >= 15 is 0 Å². The maximum absolute atomic E-state index is 11.9. The van der Waals surface area contributed by atoms with Gasteiger partial charge in [0.2, 0.25) is 0 Å². The van der Waals surface area contributed by atoms with Crippen LogP contribution in [0.1, 0.15) is 29.6 Å². The molecule has 1 N–H and O–H groups in total. The van der Waals surface area contributed by atoms with Crippen molar-refractivity contribution < 1.29 is 4.79 Å². The van der Waals surface area contributed by atoms with Gasteiger partial charge in [0.15, 0.2) is 5.78 Å². The summed E-state index contributed by atoms with van der Waals surface area (Å²) in [6.07, 6.45) is 6.62. The molecule has 1 aliphatic rings. The number of hydrogen-bond acceptors (Lipinski definition) is 3. The molecule has 0 bridgehead atoms. The standard InChI is InChI=1S/C14H23N3O/c1-16-9-5-13(12-16)14(18)4-2-3-8-17-10-6-15-7-11-17/h5,9,12,15H,2-4,6-8,10-11H2,1H3. The van der Waals surface area contributed by atoms with Crippen molar-refractivity contribution in [1.29, 1.82) is 0 Å². The van der Waals surface area contributed by atoms with Crippen LogP contribution in [-0.2, 0) is 7.05 Å². The Bertz CT molecular complexity index is 380. The number of nitrogens with zero attached hydrogens (tertiary/aromatic N) is 2. The summed E-state index contributed by atoms with van der Waals surface area (Å²) < 4.78 is 1.92. The number of carbonyl (C=O) groups excluding carboxylic acids is 1. The highest BCUT2D eigenvalue weighted by molar-refractivity contribution is 5.95. The third kappa shape index (κ3) is 3.96. The highest BCUT2D eigenvalue weighted by atomic mass is 16.1. The van der Waals surface area contributed by atoms with Crippen LogP contribution < -0.4 is 5.32 Å². The zero-order chi connectivity index (χ0) is 12.8. The molecule has 2 rings (SSSR count). The number of hydrogen-bond donors (Lipinski definition) is 1. The monoisotopic (exact) mass is 249 g/mol. The van der Waals surface area contributed by atoms with Gasteiger partial charge in [0.1, 0.15) is 0 Å². The molecule has 100 valence electrons. The SMILES string of the molecule is Cn1ccc(C(=O)CCCCN2CCNCC2)c1. The Kier molecular flexibility index (Phi) is 4.96. The van der Waals surface area contributed by atoms with E-state index in [-0.39, 0.29) is 5.78 Å². The van der Waals surface area contributed by atoms with E-state index in [1.807, 2.05) is 30.1 Å². The van der Waals surface area contributed by atoms with Gasteiger partial charge in [0.25, 0.3) is 0 Å². The number of unbranched alkanes of at least 4 members (excludes halogenated alkanes) is 1. The second-order valence-electron chi connectivity index (χ2n) is 5.04. The third-order valence-corrected chi connectivity index (χ3v) is 3.49. The Balaban J connectivity index is 1.61. The van der Waals surface area contributed by atoms with E-state index < -0.39 is 0 Å². The summed E-state index contributed by atoms with van der Waals surface area (Å²) in [4.78, 5) is 14.3.